The minimum atomic E-state index is -0.00810. The fraction of sp³-hybridized carbons (Fsp3) is 0.533. The third-order valence-corrected chi connectivity index (χ3v) is 4.48. The zero-order chi connectivity index (χ0) is 14.5. The molecule has 1 N–H and O–H groups in total. The molecule has 0 unspecified atom stereocenters. The normalized spacial score (nSPS) is 15.4. The van der Waals surface area contributed by atoms with Crippen molar-refractivity contribution in [3.8, 4) is 0 Å². The second-order valence-electron chi connectivity index (χ2n) is 5.08. The summed E-state index contributed by atoms with van der Waals surface area (Å²) in [5, 5.41) is 4.11. The molecule has 2 rings (SSSR count). The summed E-state index contributed by atoms with van der Waals surface area (Å²) < 4.78 is 0. The van der Waals surface area contributed by atoms with E-state index in [-0.39, 0.29) is 18.3 Å². The van der Waals surface area contributed by atoms with Gasteiger partial charge in [0.05, 0.1) is 15.6 Å². The predicted molar refractivity (Wildman–Crippen MR) is 90.9 cm³/mol. The largest absolute Gasteiger partial charge is 0.336 e. The van der Waals surface area contributed by atoms with Crippen molar-refractivity contribution < 1.29 is 4.79 Å². The van der Waals surface area contributed by atoms with E-state index in [9.17, 15) is 4.79 Å². The molecule has 1 amide bonds. The summed E-state index contributed by atoms with van der Waals surface area (Å²) in [6.07, 6.45) is 2.92. The molecular formula is C15H21Cl3N2O. The number of nitrogens with zero attached hydrogens (tertiary/aromatic N) is 1. The molecule has 1 aromatic carbocycles. The second-order valence-corrected chi connectivity index (χ2v) is 5.87. The van der Waals surface area contributed by atoms with Gasteiger partial charge in [-0.1, -0.05) is 36.2 Å². The fourth-order valence-corrected chi connectivity index (χ4v) is 3.01. The van der Waals surface area contributed by atoms with E-state index in [1.165, 1.54) is 0 Å². The first-order valence-corrected chi connectivity index (χ1v) is 7.86. The van der Waals surface area contributed by atoms with E-state index < -0.39 is 0 Å². The van der Waals surface area contributed by atoms with E-state index in [4.69, 9.17) is 23.2 Å². The topological polar surface area (TPSA) is 32.3 Å². The van der Waals surface area contributed by atoms with Gasteiger partial charge in [0.2, 0.25) is 0 Å². The monoisotopic (exact) mass is 350 g/mol. The predicted octanol–water partition coefficient (Wildman–Crippen LogP) is 4.02. The quantitative estimate of drug-likeness (QED) is 0.888. The van der Waals surface area contributed by atoms with Crippen LogP contribution in [0, 0.1) is 0 Å². The maximum Gasteiger partial charge on any atom is 0.255 e. The summed E-state index contributed by atoms with van der Waals surface area (Å²) in [6, 6.07) is 5.52. The number of hydrogen-bond donors (Lipinski definition) is 1. The van der Waals surface area contributed by atoms with Crippen LogP contribution in [0.3, 0.4) is 0 Å². The Kier molecular flexibility index (Phi) is 7.82. The van der Waals surface area contributed by atoms with E-state index in [2.05, 4.69) is 12.2 Å². The molecule has 0 aromatic heterocycles. The maximum atomic E-state index is 12.8. The molecule has 1 heterocycles. The number of nitrogens with one attached hydrogen (secondary N) is 1. The minimum absolute atomic E-state index is 0. The highest BCUT2D eigenvalue weighted by molar-refractivity contribution is 6.43. The molecule has 1 saturated heterocycles. The lowest BCUT2D eigenvalue weighted by molar-refractivity contribution is 0.0643. The van der Waals surface area contributed by atoms with Crippen LogP contribution in [0.1, 0.15) is 36.5 Å². The fourth-order valence-electron chi connectivity index (χ4n) is 2.63. The minimum Gasteiger partial charge on any atom is -0.336 e. The molecule has 0 spiro atoms. The van der Waals surface area contributed by atoms with Gasteiger partial charge in [-0.2, -0.15) is 0 Å². The number of halogens is 3. The van der Waals surface area contributed by atoms with Crippen molar-refractivity contribution in [3.63, 3.8) is 0 Å². The zero-order valence-corrected chi connectivity index (χ0v) is 14.4. The molecular weight excluding hydrogens is 331 g/mol. The average Bonchev–Trinajstić information content (AvgIpc) is 2.48. The van der Waals surface area contributed by atoms with Gasteiger partial charge in [-0.05, 0) is 44.5 Å². The molecule has 1 aromatic rings. The van der Waals surface area contributed by atoms with Crippen LogP contribution in [0.5, 0.6) is 0 Å². The van der Waals surface area contributed by atoms with E-state index in [1.54, 1.807) is 18.2 Å². The van der Waals surface area contributed by atoms with Gasteiger partial charge in [0.1, 0.15) is 0 Å². The summed E-state index contributed by atoms with van der Waals surface area (Å²) in [6.45, 7) is 4.76. The van der Waals surface area contributed by atoms with Crippen LogP contribution in [0.15, 0.2) is 18.2 Å². The molecule has 3 nitrogen and oxygen atoms in total. The SMILES string of the molecule is CCCN(C(=O)c1cccc(Cl)c1Cl)C1CCNCC1.Cl. The molecule has 1 aliphatic heterocycles. The first kappa shape index (κ1) is 18.6. The third-order valence-electron chi connectivity index (χ3n) is 3.66. The first-order chi connectivity index (χ1) is 9.65. The van der Waals surface area contributed by atoms with Crippen LogP contribution in [-0.4, -0.2) is 36.5 Å². The molecule has 0 saturated carbocycles. The van der Waals surface area contributed by atoms with E-state index in [1.807, 2.05) is 4.90 Å². The van der Waals surface area contributed by atoms with E-state index >= 15 is 0 Å². The molecule has 0 radical (unpaired) electrons. The Morgan fingerprint density at radius 2 is 2.00 bits per heavy atom. The lowest BCUT2D eigenvalue weighted by Crippen LogP contribution is -2.46. The van der Waals surface area contributed by atoms with Gasteiger partial charge in [0.15, 0.2) is 0 Å². The Labute approximate surface area is 142 Å². The van der Waals surface area contributed by atoms with Crippen molar-refractivity contribution in [1.29, 1.82) is 0 Å². The molecule has 0 aliphatic carbocycles. The van der Waals surface area contributed by atoms with Crippen LogP contribution in [0.4, 0.5) is 0 Å². The summed E-state index contributed by atoms with van der Waals surface area (Å²) in [5.74, 6) is -0.00810. The molecule has 0 bridgehead atoms. The Hall–Kier alpha value is -0.480. The van der Waals surface area contributed by atoms with Crippen LogP contribution in [0.25, 0.3) is 0 Å². The highest BCUT2D eigenvalue weighted by Crippen LogP contribution is 2.27. The van der Waals surface area contributed by atoms with Crippen molar-refractivity contribution in [2.24, 2.45) is 0 Å². The number of amides is 1. The Bertz CT molecular complexity index is 476. The summed E-state index contributed by atoms with van der Waals surface area (Å²) >= 11 is 12.2. The van der Waals surface area contributed by atoms with Crippen molar-refractivity contribution in [1.82, 2.24) is 10.2 Å². The smallest absolute Gasteiger partial charge is 0.255 e. The van der Waals surface area contributed by atoms with Crippen molar-refractivity contribution in [3.05, 3.63) is 33.8 Å². The molecule has 0 atom stereocenters. The Morgan fingerprint density at radius 1 is 1.33 bits per heavy atom. The Balaban J connectivity index is 0.00000220. The standard InChI is InChI=1S/C15H20Cl2N2O.ClH/c1-2-10-19(11-6-8-18-9-7-11)15(20)12-4-3-5-13(16)14(12)17;/h3-5,11,18H,2,6-10H2,1H3;1H. The summed E-state index contributed by atoms with van der Waals surface area (Å²) in [5.41, 5.74) is 0.506. The number of benzene rings is 1. The zero-order valence-electron chi connectivity index (χ0n) is 12.1. The Morgan fingerprint density at radius 3 is 2.62 bits per heavy atom. The highest BCUT2D eigenvalue weighted by Gasteiger charge is 2.27. The van der Waals surface area contributed by atoms with Gasteiger partial charge in [-0.15, -0.1) is 12.4 Å². The number of hydrogen-bond acceptors (Lipinski definition) is 2. The lowest BCUT2D eigenvalue weighted by Gasteiger charge is -2.34. The molecule has 21 heavy (non-hydrogen) atoms. The van der Waals surface area contributed by atoms with E-state index in [0.717, 1.165) is 38.9 Å². The number of carbonyl (C=O) groups is 1. The van der Waals surface area contributed by atoms with Crippen LogP contribution >= 0.6 is 35.6 Å². The molecule has 1 aliphatic rings. The van der Waals surface area contributed by atoms with Crippen LogP contribution in [-0.2, 0) is 0 Å². The summed E-state index contributed by atoms with van der Waals surface area (Å²) in [7, 11) is 0. The van der Waals surface area contributed by atoms with Gasteiger partial charge >= 0.3 is 0 Å². The van der Waals surface area contributed by atoms with Gasteiger partial charge in [-0.3, -0.25) is 4.79 Å². The van der Waals surface area contributed by atoms with Crippen molar-refractivity contribution >= 4 is 41.5 Å². The number of carbonyl (C=O) groups excluding carboxylic acids is 1. The van der Waals surface area contributed by atoms with Crippen LogP contribution in [0.2, 0.25) is 10.0 Å². The second kappa shape index (κ2) is 8.84. The van der Waals surface area contributed by atoms with Gasteiger partial charge in [0.25, 0.3) is 5.91 Å². The number of rotatable bonds is 4. The average molecular weight is 352 g/mol. The van der Waals surface area contributed by atoms with Gasteiger partial charge in [0, 0.05) is 12.6 Å². The molecule has 118 valence electrons. The third kappa shape index (κ3) is 4.49. The highest BCUT2D eigenvalue weighted by atomic mass is 35.5. The maximum absolute atomic E-state index is 12.8. The van der Waals surface area contributed by atoms with Crippen LogP contribution < -0.4 is 5.32 Å². The first-order valence-electron chi connectivity index (χ1n) is 7.10. The number of piperidine rings is 1. The lowest BCUT2D eigenvalue weighted by atomic mass is 10.0. The molecule has 6 heteroatoms. The van der Waals surface area contributed by atoms with Crippen molar-refractivity contribution in [2.45, 2.75) is 32.2 Å². The summed E-state index contributed by atoms with van der Waals surface area (Å²) in [4.78, 5) is 14.7. The van der Waals surface area contributed by atoms with Gasteiger partial charge in [-0.25, -0.2) is 0 Å². The van der Waals surface area contributed by atoms with E-state index in [0.29, 0.717) is 21.7 Å². The molecule has 1 fully saturated rings. The van der Waals surface area contributed by atoms with Crippen molar-refractivity contribution in [2.75, 3.05) is 19.6 Å². The van der Waals surface area contributed by atoms with Gasteiger partial charge < -0.3 is 10.2 Å².